The Morgan fingerprint density at radius 2 is 2.33 bits per heavy atom. The molecule has 0 aliphatic carbocycles. The molecule has 3 N–H and O–H groups in total. The number of amides is 1. The van der Waals surface area contributed by atoms with E-state index in [0.717, 1.165) is 6.54 Å². The minimum absolute atomic E-state index is 0. The van der Waals surface area contributed by atoms with Gasteiger partial charge in [0.15, 0.2) is 0 Å². The molecule has 1 aliphatic heterocycles. The van der Waals surface area contributed by atoms with Crippen molar-refractivity contribution in [3.63, 3.8) is 0 Å². The topological polar surface area (TPSA) is 56.9 Å². The molecule has 0 spiro atoms. The monoisotopic (exact) mass is 271 g/mol. The number of halogens is 1. The number of piperidine rings is 1. The third kappa shape index (κ3) is 3.50. The van der Waals surface area contributed by atoms with Crippen molar-refractivity contribution >= 4 is 18.3 Å². The fourth-order valence-corrected chi connectivity index (χ4v) is 2.38. The van der Waals surface area contributed by atoms with E-state index in [-0.39, 0.29) is 23.7 Å². The second-order valence-electron chi connectivity index (χ2n) is 5.39. The summed E-state index contributed by atoms with van der Waals surface area (Å²) in [7, 11) is 0. The lowest BCUT2D eigenvalue weighted by Crippen LogP contribution is -2.52. The van der Waals surface area contributed by atoms with Gasteiger partial charge in [-0.05, 0) is 36.9 Å². The third-order valence-corrected chi connectivity index (χ3v) is 3.64. The van der Waals surface area contributed by atoms with Gasteiger partial charge in [-0.1, -0.05) is 13.8 Å². The van der Waals surface area contributed by atoms with E-state index in [9.17, 15) is 4.79 Å². The molecule has 5 heteroatoms. The van der Waals surface area contributed by atoms with Crippen molar-refractivity contribution < 1.29 is 4.79 Å². The lowest BCUT2D eigenvalue weighted by Gasteiger charge is -2.39. The van der Waals surface area contributed by atoms with Crippen LogP contribution in [0.5, 0.6) is 0 Å². The van der Waals surface area contributed by atoms with E-state index in [2.05, 4.69) is 29.5 Å². The number of hydrogen-bond acceptors (Lipinski definition) is 2. The Labute approximate surface area is 114 Å². The van der Waals surface area contributed by atoms with E-state index in [0.29, 0.717) is 18.3 Å². The highest BCUT2D eigenvalue weighted by atomic mass is 35.5. The number of rotatable bonds is 3. The van der Waals surface area contributed by atoms with Gasteiger partial charge in [-0.2, -0.15) is 0 Å². The molecule has 1 aromatic rings. The Hall–Kier alpha value is -1.00. The van der Waals surface area contributed by atoms with Gasteiger partial charge in [0.2, 0.25) is 0 Å². The van der Waals surface area contributed by atoms with Gasteiger partial charge in [-0.3, -0.25) is 4.79 Å². The maximum Gasteiger partial charge on any atom is 0.267 e. The van der Waals surface area contributed by atoms with Crippen molar-refractivity contribution in [3.8, 4) is 0 Å². The van der Waals surface area contributed by atoms with E-state index >= 15 is 0 Å². The summed E-state index contributed by atoms with van der Waals surface area (Å²) in [6.45, 7) is 6.24. The van der Waals surface area contributed by atoms with Crippen LogP contribution < -0.4 is 10.6 Å². The molecule has 4 nitrogen and oxygen atoms in total. The van der Waals surface area contributed by atoms with Crippen molar-refractivity contribution in [2.45, 2.75) is 32.7 Å². The smallest absolute Gasteiger partial charge is 0.267 e. The Morgan fingerprint density at radius 1 is 1.56 bits per heavy atom. The van der Waals surface area contributed by atoms with Crippen LogP contribution in [0.1, 0.15) is 37.2 Å². The molecule has 1 unspecified atom stereocenters. The molecule has 102 valence electrons. The summed E-state index contributed by atoms with van der Waals surface area (Å²) < 4.78 is 0. The molecule has 0 aromatic carbocycles. The van der Waals surface area contributed by atoms with Crippen LogP contribution in [0.25, 0.3) is 0 Å². The number of carbonyl (C=O) groups is 1. The molecule has 0 saturated carbocycles. The summed E-state index contributed by atoms with van der Waals surface area (Å²) in [6.07, 6.45) is 4.19. The van der Waals surface area contributed by atoms with Crippen molar-refractivity contribution in [2.75, 3.05) is 13.1 Å². The van der Waals surface area contributed by atoms with Gasteiger partial charge in [0.25, 0.3) is 5.91 Å². The van der Waals surface area contributed by atoms with Crippen LogP contribution >= 0.6 is 12.4 Å². The first kappa shape index (κ1) is 15.1. The van der Waals surface area contributed by atoms with Gasteiger partial charge in [-0.15, -0.1) is 12.4 Å². The number of hydrogen-bond donors (Lipinski definition) is 3. The summed E-state index contributed by atoms with van der Waals surface area (Å²) in [5.41, 5.74) is 0.875. The average molecular weight is 272 g/mol. The molecule has 1 fully saturated rings. The highest BCUT2D eigenvalue weighted by Gasteiger charge is 2.31. The van der Waals surface area contributed by atoms with Gasteiger partial charge in [0.05, 0.1) is 0 Å². The Morgan fingerprint density at radius 3 is 2.94 bits per heavy atom. The molecule has 0 bridgehead atoms. The van der Waals surface area contributed by atoms with Gasteiger partial charge >= 0.3 is 0 Å². The predicted octanol–water partition coefficient (Wildman–Crippen LogP) is 1.94. The molecular weight excluding hydrogens is 250 g/mol. The zero-order chi connectivity index (χ0) is 12.3. The van der Waals surface area contributed by atoms with E-state index in [4.69, 9.17) is 0 Å². The molecule has 0 radical (unpaired) electrons. The molecule has 1 amide bonds. The second-order valence-corrected chi connectivity index (χ2v) is 5.39. The highest BCUT2D eigenvalue weighted by Crippen LogP contribution is 2.29. The third-order valence-electron chi connectivity index (χ3n) is 3.64. The summed E-state index contributed by atoms with van der Waals surface area (Å²) in [4.78, 5) is 14.7. The van der Waals surface area contributed by atoms with E-state index < -0.39 is 0 Å². The number of H-pyrrole nitrogens is 1. The Balaban J connectivity index is 0.00000162. The quantitative estimate of drug-likeness (QED) is 0.787. The minimum atomic E-state index is -0.0295. The van der Waals surface area contributed by atoms with Gasteiger partial charge in [-0.25, -0.2) is 0 Å². The van der Waals surface area contributed by atoms with Crippen LogP contribution in [0.4, 0.5) is 0 Å². The number of aromatic nitrogens is 1. The average Bonchev–Trinajstić information content (AvgIpc) is 2.80. The largest absolute Gasteiger partial charge is 0.357 e. The highest BCUT2D eigenvalue weighted by molar-refractivity contribution is 5.92. The molecule has 1 aliphatic rings. The first-order valence-electron chi connectivity index (χ1n) is 6.24. The molecule has 2 heterocycles. The van der Waals surface area contributed by atoms with Crippen LogP contribution in [0.2, 0.25) is 0 Å². The van der Waals surface area contributed by atoms with Crippen LogP contribution in [0, 0.1) is 5.41 Å². The van der Waals surface area contributed by atoms with Gasteiger partial charge in [0.1, 0.15) is 5.69 Å². The standard InChI is InChI=1S/C13H21N3O.ClH/c1-13(2)6-4-8-15-11(13)9-16-12(17)10-5-3-7-14-10;/h3,5,7,11,14-15H,4,6,8-9H2,1-2H3,(H,16,17);1H. The summed E-state index contributed by atoms with van der Waals surface area (Å²) in [5.74, 6) is -0.0295. The number of aromatic amines is 1. The number of carbonyl (C=O) groups excluding carboxylic acids is 1. The SMILES string of the molecule is CC1(C)CCCNC1CNC(=O)c1ccc[nH]1.Cl. The van der Waals surface area contributed by atoms with Crippen molar-refractivity contribution in [1.82, 2.24) is 15.6 Å². The van der Waals surface area contributed by atoms with Crippen molar-refractivity contribution in [2.24, 2.45) is 5.41 Å². The molecule has 1 saturated heterocycles. The fraction of sp³-hybridized carbons (Fsp3) is 0.615. The molecule has 1 aromatic heterocycles. The van der Waals surface area contributed by atoms with E-state index in [1.807, 2.05) is 6.07 Å². The molecular formula is C13H22ClN3O. The van der Waals surface area contributed by atoms with Gasteiger partial charge in [0, 0.05) is 18.8 Å². The first-order chi connectivity index (χ1) is 8.09. The fourth-order valence-electron chi connectivity index (χ4n) is 2.38. The lowest BCUT2D eigenvalue weighted by molar-refractivity contribution is 0.0924. The van der Waals surface area contributed by atoms with Crippen molar-refractivity contribution in [1.29, 1.82) is 0 Å². The predicted molar refractivity (Wildman–Crippen MR) is 75.2 cm³/mol. The minimum Gasteiger partial charge on any atom is -0.357 e. The zero-order valence-corrected chi connectivity index (χ0v) is 11.8. The number of nitrogens with one attached hydrogen (secondary N) is 3. The maximum absolute atomic E-state index is 11.8. The Kier molecular flexibility index (Phi) is 5.23. The second kappa shape index (κ2) is 6.25. The normalized spacial score (nSPS) is 22.0. The van der Waals surface area contributed by atoms with E-state index in [1.165, 1.54) is 12.8 Å². The molecule has 2 rings (SSSR count). The van der Waals surface area contributed by atoms with Gasteiger partial charge < -0.3 is 15.6 Å². The molecule has 18 heavy (non-hydrogen) atoms. The van der Waals surface area contributed by atoms with Crippen LogP contribution in [0.15, 0.2) is 18.3 Å². The summed E-state index contributed by atoms with van der Waals surface area (Å²) >= 11 is 0. The lowest BCUT2D eigenvalue weighted by atomic mass is 9.77. The van der Waals surface area contributed by atoms with Crippen molar-refractivity contribution in [3.05, 3.63) is 24.0 Å². The Bertz CT molecular complexity index is 376. The van der Waals surface area contributed by atoms with Crippen LogP contribution in [-0.2, 0) is 0 Å². The summed E-state index contributed by atoms with van der Waals surface area (Å²) in [6, 6.07) is 3.97. The van der Waals surface area contributed by atoms with Crippen LogP contribution in [-0.4, -0.2) is 30.0 Å². The molecule has 1 atom stereocenters. The first-order valence-corrected chi connectivity index (χ1v) is 6.24. The summed E-state index contributed by atoms with van der Waals surface area (Å²) in [5, 5.41) is 6.46. The van der Waals surface area contributed by atoms with E-state index in [1.54, 1.807) is 12.3 Å². The van der Waals surface area contributed by atoms with Crippen LogP contribution in [0.3, 0.4) is 0 Å². The maximum atomic E-state index is 11.8. The zero-order valence-electron chi connectivity index (χ0n) is 11.0.